The van der Waals surface area contributed by atoms with E-state index in [2.05, 4.69) is 10.6 Å². The molecule has 0 aliphatic heterocycles. The third kappa shape index (κ3) is 9.58. The molecular weight excluding hydrogens is 414 g/mol. The number of aliphatic carboxylic acids is 3. The summed E-state index contributed by atoms with van der Waals surface area (Å²) in [6, 6.07) is 1.81. The van der Waals surface area contributed by atoms with Crippen LogP contribution in [0.4, 0.5) is 0 Å². The number of amides is 2. The van der Waals surface area contributed by atoms with E-state index in [4.69, 9.17) is 10.8 Å². The molecule has 0 aliphatic rings. The zero-order chi connectivity index (χ0) is 23.6. The second-order valence-corrected chi connectivity index (χ2v) is 6.81. The number of carbonyl (C=O) groups is 5. The Morgan fingerprint density at radius 2 is 1.26 bits per heavy atom. The molecule has 2 amide bonds. The van der Waals surface area contributed by atoms with Gasteiger partial charge >= 0.3 is 17.9 Å². The first-order chi connectivity index (χ1) is 14.5. The van der Waals surface area contributed by atoms with Gasteiger partial charge in [-0.1, -0.05) is 12.1 Å². The van der Waals surface area contributed by atoms with Crippen LogP contribution >= 0.6 is 0 Å². The summed E-state index contributed by atoms with van der Waals surface area (Å²) in [7, 11) is 0. The van der Waals surface area contributed by atoms with E-state index in [0.29, 0.717) is 5.56 Å². The number of hydrogen-bond acceptors (Lipinski definition) is 7. The van der Waals surface area contributed by atoms with E-state index in [-0.39, 0.29) is 37.9 Å². The lowest BCUT2D eigenvalue weighted by Crippen LogP contribution is -2.45. The molecule has 0 unspecified atom stereocenters. The minimum absolute atomic E-state index is 0.00589. The molecule has 31 heavy (non-hydrogen) atoms. The standard InChI is InChI=1S/C19H25N3O9/c20-12(17(26)27)5-7-15(24)21-13(18(28)29)6-8-16(25)22-14(19(30)31)9-10-1-3-11(23)4-2-10/h1-4,12-14,23H,5-9,20H2,(H,21,24)(H,22,25)(H,26,27)(H,28,29)(H,30,31)/t12-,13-,14-/m0/s1. The lowest BCUT2D eigenvalue weighted by Gasteiger charge is -2.17. The van der Waals surface area contributed by atoms with Gasteiger partial charge in [0.25, 0.3) is 0 Å². The van der Waals surface area contributed by atoms with Gasteiger partial charge in [-0.3, -0.25) is 14.4 Å². The Balaban J connectivity index is 2.57. The van der Waals surface area contributed by atoms with Crippen molar-refractivity contribution in [1.82, 2.24) is 10.6 Å². The molecule has 1 aromatic rings. The molecule has 12 heteroatoms. The highest BCUT2D eigenvalue weighted by molar-refractivity contribution is 5.86. The maximum absolute atomic E-state index is 12.1. The maximum Gasteiger partial charge on any atom is 0.326 e. The molecule has 3 atom stereocenters. The smallest absolute Gasteiger partial charge is 0.326 e. The maximum atomic E-state index is 12.1. The van der Waals surface area contributed by atoms with Crippen molar-refractivity contribution in [1.29, 1.82) is 0 Å². The SMILES string of the molecule is N[C@@H](CCC(=O)N[C@@H](CCC(=O)N[C@@H](Cc1ccc(O)cc1)C(=O)O)C(=O)O)C(=O)O. The summed E-state index contributed by atoms with van der Waals surface area (Å²) < 4.78 is 0. The van der Waals surface area contributed by atoms with Crippen molar-refractivity contribution in [3.8, 4) is 5.75 Å². The topological polar surface area (TPSA) is 216 Å². The lowest BCUT2D eigenvalue weighted by molar-refractivity contribution is -0.143. The summed E-state index contributed by atoms with van der Waals surface area (Å²) in [6.45, 7) is 0. The minimum atomic E-state index is -1.42. The largest absolute Gasteiger partial charge is 0.508 e. The third-order valence-electron chi connectivity index (χ3n) is 4.30. The van der Waals surface area contributed by atoms with Crippen LogP contribution in [-0.4, -0.2) is 68.3 Å². The fraction of sp³-hybridized carbons (Fsp3) is 0.421. The number of phenols is 1. The summed E-state index contributed by atoms with van der Waals surface area (Å²) in [4.78, 5) is 57.3. The number of carboxylic acids is 3. The number of carboxylic acid groups (broad SMARTS) is 3. The molecule has 0 aromatic heterocycles. The summed E-state index contributed by atoms with van der Waals surface area (Å²) in [6.07, 6.45) is -1.22. The van der Waals surface area contributed by atoms with Gasteiger partial charge in [0.05, 0.1) is 0 Å². The van der Waals surface area contributed by atoms with E-state index in [9.17, 15) is 39.3 Å². The van der Waals surface area contributed by atoms with Crippen LogP contribution in [0.15, 0.2) is 24.3 Å². The molecule has 0 spiro atoms. The first kappa shape index (κ1) is 25.4. The first-order valence-corrected chi connectivity index (χ1v) is 9.30. The molecule has 0 saturated carbocycles. The van der Waals surface area contributed by atoms with Crippen LogP contribution in [-0.2, 0) is 30.4 Å². The monoisotopic (exact) mass is 439 g/mol. The van der Waals surface area contributed by atoms with Crippen molar-refractivity contribution in [2.24, 2.45) is 5.73 Å². The fourth-order valence-corrected chi connectivity index (χ4v) is 2.54. The van der Waals surface area contributed by atoms with Crippen LogP contribution in [0.1, 0.15) is 31.2 Å². The number of hydrogen-bond donors (Lipinski definition) is 7. The van der Waals surface area contributed by atoms with Crippen LogP contribution in [0.5, 0.6) is 5.75 Å². The predicted molar refractivity (Wildman–Crippen MR) is 105 cm³/mol. The van der Waals surface area contributed by atoms with Crippen molar-refractivity contribution in [2.45, 2.75) is 50.2 Å². The molecular formula is C19H25N3O9. The molecule has 170 valence electrons. The summed E-state index contributed by atoms with van der Waals surface area (Å²) in [5.74, 6) is -5.44. The molecule has 12 nitrogen and oxygen atoms in total. The first-order valence-electron chi connectivity index (χ1n) is 9.30. The van der Waals surface area contributed by atoms with Gasteiger partial charge in [0.15, 0.2) is 0 Å². The Hall–Kier alpha value is -3.67. The third-order valence-corrected chi connectivity index (χ3v) is 4.30. The van der Waals surface area contributed by atoms with Gasteiger partial charge < -0.3 is 36.8 Å². The number of nitrogens with two attached hydrogens (primary N) is 1. The Labute approximate surface area is 177 Å². The number of rotatable bonds is 13. The quantitative estimate of drug-likeness (QED) is 0.200. The minimum Gasteiger partial charge on any atom is -0.508 e. The summed E-state index contributed by atoms with van der Waals surface area (Å²) in [5, 5.41) is 40.9. The number of benzene rings is 1. The van der Waals surface area contributed by atoms with E-state index in [1.54, 1.807) is 0 Å². The van der Waals surface area contributed by atoms with Gasteiger partial charge in [-0.15, -0.1) is 0 Å². The normalized spacial score (nSPS) is 13.5. The van der Waals surface area contributed by atoms with Crippen LogP contribution in [0, 0.1) is 0 Å². The number of nitrogens with one attached hydrogen (secondary N) is 2. The van der Waals surface area contributed by atoms with Gasteiger partial charge in [-0.05, 0) is 30.5 Å². The second-order valence-electron chi connectivity index (χ2n) is 6.81. The number of carbonyl (C=O) groups excluding carboxylic acids is 2. The Kier molecular flexibility index (Phi) is 9.92. The molecule has 1 rings (SSSR count). The van der Waals surface area contributed by atoms with Gasteiger partial charge in [-0.25, -0.2) is 9.59 Å². The molecule has 0 heterocycles. The van der Waals surface area contributed by atoms with Crippen molar-refractivity contribution >= 4 is 29.7 Å². The van der Waals surface area contributed by atoms with E-state index >= 15 is 0 Å². The Morgan fingerprint density at radius 1 is 0.774 bits per heavy atom. The Morgan fingerprint density at radius 3 is 1.74 bits per heavy atom. The predicted octanol–water partition coefficient (Wildman–Crippen LogP) is -0.954. The van der Waals surface area contributed by atoms with Gasteiger partial charge in [0, 0.05) is 19.3 Å². The van der Waals surface area contributed by atoms with Gasteiger partial charge in [0.1, 0.15) is 23.9 Å². The van der Waals surface area contributed by atoms with Crippen molar-refractivity contribution in [2.75, 3.05) is 0 Å². The Bertz CT molecular complexity index is 810. The molecule has 0 fully saturated rings. The van der Waals surface area contributed by atoms with Crippen molar-refractivity contribution in [3.05, 3.63) is 29.8 Å². The molecule has 0 radical (unpaired) electrons. The van der Waals surface area contributed by atoms with E-state index in [1.165, 1.54) is 24.3 Å². The van der Waals surface area contributed by atoms with E-state index in [1.807, 2.05) is 0 Å². The highest BCUT2D eigenvalue weighted by Gasteiger charge is 2.24. The lowest BCUT2D eigenvalue weighted by atomic mass is 10.0. The summed E-state index contributed by atoms with van der Waals surface area (Å²) in [5.41, 5.74) is 5.83. The molecule has 0 aliphatic carbocycles. The second kappa shape index (κ2) is 12.1. The number of phenolic OH excluding ortho intramolecular Hbond substituents is 1. The van der Waals surface area contributed by atoms with Gasteiger partial charge in [-0.2, -0.15) is 0 Å². The van der Waals surface area contributed by atoms with Crippen LogP contribution in [0.3, 0.4) is 0 Å². The summed E-state index contributed by atoms with van der Waals surface area (Å²) >= 11 is 0. The highest BCUT2D eigenvalue weighted by atomic mass is 16.4. The van der Waals surface area contributed by atoms with Crippen LogP contribution < -0.4 is 16.4 Å². The number of aromatic hydroxyl groups is 1. The highest BCUT2D eigenvalue weighted by Crippen LogP contribution is 2.12. The molecule has 8 N–H and O–H groups in total. The zero-order valence-corrected chi connectivity index (χ0v) is 16.5. The molecule has 0 saturated heterocycles. The molecule has 1 aromatic carbocycles. The van der Waals surface area contributed by atoms with Crippen LogP contribution in [0.25, 0.3) is 0 Å². The average Bonchev–Trinajstić information content (AvgIpc) is 2.69. The average molecular weight is 439 g/mol. The van der Waals surface area contributed by atoms with Crippen molar-refractivity contribution < 1.29 is 44.4 Å². The van der Waals surface area contributed by atoms with E-state index < -0.39 is 47.8 Å². The fourth-order valence-electron chi connectivity index (χ4n) is 2.54. The van der Waals surface area contributed by atoms with Crippen molar-refractivity contribution in [3.63, 3.8) is 0 Å². The van der Waals surface area contributed by atoms with E-state index in [0.717, 1.165) is 0 Å². The zero-order valence-electron chi connectivity index (χ0n) is 16.5. The van der Waals surface area contributed by atoms with Crippen LogP contribution in [0.2, 0.25) is 0 Å². The molecule has 0 bridgehead atoms. The van der Waals surface area contributed by atoms with Gasteiger partial charge in [0.2, 0.25) is 11.8 Å².